The highest BCUT2D eigenvalue weighted by molar-refractivity contribution is 6.20. The van der Waals surface area contributed by atoms with Gasteiger partial charge in [-0.25, -0.2) is 0 Å². The smallest absolute Gasteiger partial charge is 0.161 e. The summed E-state index contributed by atoms with van der Waals surface area (Å²) in [4.78, 5) is 0. The second kappa shape index (κ2) is 6.71. The number of ether oxygens (including phenoxy) is 2. The number of alkyl halides is 1. The van der Waals surface area contributed by atoms with Crippen LogP contribution in [-0.2, 0) is 0 Å². The van der Waals surface area contributed by atoms with Crippen LogP contribution in [0.25, 0.3) is 0 Å². The Morgan fingerprint density at radius 3 is 2.60 bits per heavy atom. The zero-order chi connectivity index (χ0) is 13.8. The molecular weight excluding hydrogens is 272 g/mol. The van der Waals surface area contributed by atoms with Gasteiger partial charge in [-0.05, 0) is 36.5 Å². The Bertz CT molecular complexity index is 441. The van der Waals surface area contributed by atoms with Crippen molar-refractivity contribution in [1.82, 2.24) is 0 Å². The lowest BCUT2D eigenvalue weighted by atomic mass is 9.98. The number of hydrogen-bond donors (Lipinski definition) is 0. The molecule has 0 spiro atoms. The van der Waals surface area contributed by atoms with E-state index in [2.05, 4.69) is 12.1 Å². The summed E-state index contributed by atoms with van der Waals surface area (Å²) in [7, 11) is 0. The lowest BCUT2D eigenvalue weighted by Crippen LogP contribution is -1.99. The van der Waals surface area contributed by atoms with Crippen LogP contribution in [0.3, 0.4) is 0 Å². The lowest BCUT2D eigenvalue weighted by Gasteiger charge is -2.15. The normalized spacial score (nSPS) is 20.6. The van der Waals surface area contributed by atoms with Crippen LogP contribution >= 0.6 is 11.6 Å². The second-order valence-corrected chi connectivity index (χ2v) is 6.48. The summed E-state index contributed by atoms with van der Waals surface area (Å²) >= 11 is 6.57. The molecule has 1 fully saturated rings. The quantitative estimate of drug-likeness (QED) is 0.719. The third-order valence-corrected chi connectivity index (χ3v) is 4.91. The van der Waals surface area contributed by atoms with E-state index < -0.39 is 0 Å². The van der Waals surface area contributed by atoms with Gasteiger partial charge in [0.15, 0.2) is 11.5 Å². The van der Waals surface area contributed by atoms with E-state index in [4.69, 9.17) is 21.1 Å². The van der Waals surface area contributed by atoms with Gasteiger partial charge in [0.2, 0.25) is 0 Å². The minimum absolute atomic E-state index is 0.0905. The first-order valence-corrected chi connectivity index (χ1v) is 8.30. The molecule has 1 atom stereocenters. The Hall–Kier alpha value is -0.890. The molecular formula is C17H23ClO2. The van der Waals surface area contributed by atoms with Crippen molar-refractivity contribution < 1.29 is 9.47 Å². The summed E-state index contributed by atoms with van der Waals surface area (Å²) in [5.74, 6) is 2.61. The predicted octanol–water partition coefficient (Wildman–Crippen LogP) is 5.10. The number of halogens is 1. The zero-order valence-corrected chi connectivity index (χ0v) is 12.7. The summed E-state index contributed by atoms with van der Waals surface area (Å²) in [5.41, 5.74) is 1.16. The van der Waals surface area contributed by atoms with E-state index in [0.29, 0.717) is 0 Å². The molecule has 0 saturated heterocycles. The van der Waals surface area contributed by atoms with Crippen LogP contribution in [0.4, 0.5) is 0 Å². The summed E-state index contributed by atoms with van der Waals surface area (Å²) in [6, 6.07) is 6.15. The van der Waals surface area contributed by atoms with Crippen molar-refractivity contribution in [2.45, 2.75) is 50.3 Å². The van der Waals surface area contributed by atoms with Crippen LogP contribution in [0.15, 0.2) is 18.2 Å². The largest absolute Gasteiger partial charge is 0.490 e. The van der Waals surface area contributed by atoms with Crippen molar-refractivity contribution in [3.8, 4) is 11.5 Å². The Morgan fingerprint density at radius 2 is 1.80 bits per heavy atom. The molecule has 20 heavy (non-hydrogen) atoms. The van der Waals surface area contributed by atoms with Gasteiger partial charge in [0, 0.05) is 6.42 Å². The fourth-order valence-electron chi connectivity index (χ4n) is 3.22. The topological polar surface area (TPSA) is 18.5 Å². The summed E-state index contributed by atoms with van der Waals surface area (Å²) in [6.07, 6.45) is 8.85. The highest BCUT2D eigenvalue weighted by Crippen LogP contribution is 2.37. The van der Waals surface area contributed by atoms with Crippen molar-refractivity contribution >= 4 is 11.6 Å². The maximum atomic E-state index is 6.57. The Morgan fingerprint density at radius 1 is 1.05 bits per heavy atom. The molecule has 2 nitrogen and oxygen atoms in total. The Labute approximate surface area is 126 Å². The zero-order valence-electron chi connectivity index (χ0n) is 11.9. The Kier molecular flexibility index (Phi) is 4.72. The third-order valence-electron chi connectivity index (χ3n) is 4.44. The van der Waals surface area contributed by atoms with Crippen molar-refractivity contribution in [3.63, 3.8) is 0 Å². The molecule has 1 aliphatic heterocycles. The molecule has 1 saturated carbocycles. The molecule has 1 aromatic rings. The van der Waals surface area contributed by atoms with Crippen molar-refractivity contribution in [2.24, 2.45) is 5.92 Å². The molecule has 0 bridgehead atoms. The summed E-state index contributed by atoms with van der Waals surface area (Å²) in [5, 5.41) is 0.0905. The first-order valence-electron chi connectivity index (χ1n) is 7.86. The fourth-order valence-corrected chi connectivity index (χ4v) is 3.48. The maximum absolute atomic E-state index is 6.57. The van der Waals surface area contributed by atoms with Crippen LogP contribution in [0.2, 0.25) is 0 Å². The monoisotopic (exact) mass is 294 g/mol. The van der Waals surface area contributed by atoms with E-state index >= 15 is 0 Å². The SMILES string of the molecule is ClC(CCC1CCCC1)c1ccc2c(c1)OCCCO2. The predicted molar refractivity (Wildman–Crippen MR) is 81.8 cm³/mol. The molecule has 0 radical (unpaired) electrons. The Balaban J connectivity index is 1.62. The third kappa shape index (κ3) is 3.41. The first kappa shape index (κ1) is 14.1. The van der Waals surface area contributed by atoms with Crippen molar-refractivity contribution in [2.75, 3.05) is 13.2 Å². The number of rotatable bonds is 4. The van der Waals surface area contributed by atoms with Gasteiger partial charge in [-0.3, -0.25) is 0 Å². The van der Waals surface area contributed by atoms with Crippen LogP contribution < -0.4 is 9.47 Å². The van der Waals surface area contributed by atoms with Gasteiger partial charge in [0.05, 0.1) is 18.6 Å². The molecule has 3 heteroatoms. The molecule has 1 unspecified atom stereocenters. The van der Waals surface area contributed by atoms with Crippen LogP contribution in [0.1, 0.15) is 55.9 Å². The first-order chi connectivity index (χ1) is 9.83. The van der Waals surface area contributed by atoms with Gasteiger partial charge in [-0.2, -0.15) is 0 Å². The molecule has 2 aliphatic rings. The number of benzene rings is 1. The van der Waals surface area contributed by atoms with Gasteiger partial charge in [-0.15, -0.1) is 11.6 Å². The molecule has 0 aromatic heterocycles. The van der Waals surface area contributed by atoms with Crippen molar-refractivity contribution in [1.29, 1.82) is 0 Å². The van der Waals surface area contributed by atoms with Gasteiger partial charge in [-0.1, -0.05) is 31.7 Å². The molecule has 110 valence electrons. The van der Waals surface area contributed by atoms with E-state index in [1.165, 1.54) is 32.1 Å². The van der Waals surface area contributed by atoms with Gasteiger partial charge in [0.25, 0.3) is 0 Å². The van der Waals surface area contributed by atoms with Crippen LogP contribution in [-0.4, -0.2) is 13.2 Å². The highest BCUT2D eigenvalue weighted by Gasteiger charge is 2.19. The molecule has 1 aromatic carbocycles. The van der Waals surface area contributed by atoms with E-state index in [-0.39, 0.29) is 5.38 Å². The molecule has 0 amide bonds. The molecule has 0 N–H and O–H groups in total. The molecule has 1 heterocycles. The average Bonchev–Trinajstić information content (AvgIpc) is 2.88. The van der Waals surface area contributed by atoms with Crippen molar-refractivity contribution in [3.05, 3.63) is 23.8 Å². The fraction of sp³-hybridized carbons (Fsp3) is 0.647. The minimum Gasteiger partial charge on any atom is -0.490 e. The van der Waals surface area contributed by atoms with E-state index in [1.807, 2.05) is 6.07 Å². The number of hydrogen-bond acceptors (Lipinski definition) is 2. The average molecular weight is 295 g/mol. The highest BCUT2D eigenvalue weighted by atomic mass is 35.5. The van der Waals surface area contributed by atoms with Crippen LogP contribution in [0.5, 0.6) is 11.5 Å². The van der Waals surface area contributed by atoms with Gasteiger partial charge >= 0.3 is 0 Å². The van der Waals surface area contributed by atoms with E-state index in [0.717, 1.165) is 49.0 Å². The number of fused-ring (bicyclic) bond motifs is 1. The molecule has 1 aliphatic carbocycles. The van der Waals surface area contributed by atoms with Gasteiger partial charge < -0.3 is 9.47 Å². The van der Waals surface area contributed by atoms with Crippen LogP contribution in [0, 0.1) is 5.92 Å². The molecule has 3 rings (SSSR count). The maximum Gasteiger partial charge on any atom is 0.161 e. The lowest BCUT2D eigenvalue weighted by molar-refractivity contribution is 0.297. The van der Waals surface area contributed by atoms with E-state index in [1.54, 1.807) is 0 Å². The summed E-state index contributed by atoms with van der Waals surface area (Å²) < 4.78 is 11.4. The van der Waals surface area contributed by atoms with Gasteiger partial charge in [0.1, 0.15) is 0 Å². The standard InChI is InChI=1S/C17H23ClO2/c18-15(8-6-13-4-1-2-5-13)14-7-9-16-17(12-14)20-11-3-10-19-16/h7,9,12-13,15H,1-6,8,10-11H2. The second-order valence-electron chi connectivity index (χ2n) is 5.95. The van der Waals surface area contributed by atoms with E-state index in [9.17, 15) is 0 Å². The minimum atomic E-state index is 0.0905. The summed E-state index contributed by atoms with van der Waals surface area (Å²) in [6.45, 7) is 1.46.